The third-order valence-electron chi connectivity index (χ3n) is 5.04. The molecule has 0 unspecified atom stereocenters. The Morgan fingerprint density at radius 1 is 1.04 bits per heavy atom. The Morgan fingerprint density at radius 2 is 1.64 bits per heavy atom. The number of anilines is 2. The molecule has 0 aromatic heterocycles. The van der Waals surface area contributed by atoms with Crippen molar-refractivity contribution in [1.29, 1.82) is 0 Å². The van der Waals surface area contributed by atoms with E-state index in [9.17, 15) is 8.42 Å². The molecular weight excluding hydrogens is 334 g/mol. The van der Waals surface area contributed by atoms with E-state index < -0.39 is 10.0 Å². The van der Waals surface area contributed by atoms with Crippen LogP contribution >= 0.6 is 0 Å². The van der Waals surface area contributed by atoms with Gasteiger partial charge in [0.15, 0.2) is 0 Å². The van der Waals surface area contributed by atoms with Gasteiger partial charge in [0.25, 0.3) is 0 Å². The summed E-state index contributed by atoms with van der Waals surface area (Å²) in [6.07, 6.45) is 2.14. The number of sulfonamides is 1. The summed E-state index contributed by atoms with van der Waals surface area (Å²) in [4.78, 5) is 4.84. The second-order valence-electron chi connectivity index (χ2n) is 6.65. The molecule has 0 radical (unpaired) electrons. The van der Waals surface area contributed by atoms with E-state index in [2.05, 4.69) is 48.0 Å². The van der Waals surface area contributed by atoms with Crippen molar-refractivity contribution in [2.45, 2.75) is 30.7 Å². The van der Waals surface area contributed by atoms with Crippen molar-refractivity contribution >= 4 is 21.4 Å². The van der Waals surface area contributed by atoms with E-state index in [0.29, 0.717) is 6.04 Å². The first-order valence-electron chi connectivity index (χ1n) is 8.52. The van der Waals surface area contributed by atoms with Crippen LogP contribution in [0, 0.1) is 6.92 Å². The molecule has 5 nitrogen and oxygen atoms in total. The quantitative estimate of drug-likeness (QED) is 0.911. The summed E-state index contributed by atoms with van der Waals surface area (Å²) in [6, 6.07) is 15.8. The summed E-state index contributed by atoms with van der Waals surface area (Å²) in [5, 5.41) is 5.16. The van der Waals surface area contributed by atoms with Gasteiger partial charge >= 0.3 is 0 Å². The second kappa shape index (κ2) is 7.06. The van der Waals surface area contributed by atoms with Crippen LogP contribution in [0.15, 0.2) is 53.4 Å². The average molecular weight is 359 g/mol. The van der Waals surface area contributed by atoms with Gasteiger partial charge in [-0.05, 0) is 55.7 Å². The van der Waals surface area contributed by atoms with Crippen molar-refractivity contribution in [2.75, 3.05) is 29.9 Å². The van der Waals surface area contributed by atoms with Crippen molar-refractivity contribution in [2.24, 2.45) is 5.14 Å². The summed E-state index contributed by atoms with van der Waals surface area (Å²) in [5.41, 5.74) is 3.63. The Morgan fingerprint density at radius 3 is 2.20 bits per heavy atom. The van der Waals surface area contributed by atoms with Gasteiger partial charge in [0.05, 0.1) is 4.90 Å². The fourth-order valence-corrected chi connectivity index (χ4v) is 4.03. The van der Waals surface area contributed by atoms with Crippen LogP contribution in [0.3, 0.4) is 0 Å². The van der Waals surface area contributed by atoms with E-state index in [0.717, 1.165) is 31.6 Å². The number of rotatable bonds is 4. The SMILES string of the molecule is Cc1ccccc1N(C)C1CCN(c2ccc(S(N)(=O)=O)cc2)CC1. The van der Waals surface area contributed by atoms with E-state index in [4.69, 9.17) is 5.14 Å². The molecule has 25 heavy (non-hydrogen) atoms. The van der Waals surface area contributed by atoms with Crippen LogP contribution in [0.1, 0.15) is 18.4 Å². The third kappa shape index (κ3) is 3.96. The Kier molecular flexibility index (Phi) is 5.01. The smallest absolute Gasteiger partial charge is 0.238 e. The largest absolute Gasteiger partial charge is 0.371 e. The van der Waals surface area contributed by atoms with Crippen molar-refractivity contribution < 1.29 is 8.42 Å². The maximum Gasteiger partial charge on any atom is 0.238 e. The van der Waals surface area contributed by atoms with E-state index in [1.807, 2.05) is 12.1 Å². The molecule has 2 aromatic carbocycles. The molecule has 1 saturated heterocycles. The fourth-order valence-electron chi connectivity index (χ4n) is 3.51. The molecule has 1 heterocycles. The van der Waals surface area contributed by atoms with Gasteiger partial charge in [-0.1, -0.05) is 18.2 Å². The highest BCUT2D eigenvalue weighted by Gasteiger charge is 2.23. The Hall–Kier alpha value is -2.05. The number of benzene rings is 2. The Bertz CT molecular complexity index is 826. The number of para-hydroxylation sites is 1. The summed E-state index contributed by atoms with van der Waals surface area (Å²) in [6.45, 7) is 4.05. The van der Waals surface area contributed by atoms with Crippen LogP contribution in [0.2, 0.25) is 0 Å². The zero-order valence-electron chi connectivity index (χ0n) is 14.7. The lowest BCUT2D eigenvalue weighted by Crippen LogP contribution is -2.43. The molecule has 0 amide bonds. The van der Waals surface area contributed by atoms with Gasteiger partial charge in [-0.2, -0.15) is 0 Å². The van der Waals surface area contributed by atoms with E-state index in [1.165, 1.54) is 11.3 Å². The Labute approximate surface area is 150 Å². The summed E-state index contributed by atoms with van der Waals surface area (Å²) < 4.78 is 22.7. The monoisotopic (exact) mass is 359 g/mol. The first kappa shape index (κ1) is 17.8. The number of primary sulfonamides is 1. The third-order valence-corrected chi connectivity index (χ3v) is 5.97. The zero-order chi connectivity index (χ0) is 18.0. The van der Waals surface area contributed by atoms with Crippen molar-refractivity contribution in [3.63, 3.8) is 0 Å². The molecule has 0 spiro atoms. The predicted octanol–water partition coefficient (Wildman–Crippen LogP) is 2.75. The number of aryl methyl sites for hydroxylation is 1. The minimum atomic E-state index is -3.63. The molecule has 0 saturated carbocycles. The van der Waals surface area contributed by atoms with Crippen molar-refractivity contribution in [3.8, 4) is 0 Å². The van der Waals surface area contributed by atoms with Crippen LogP contribution in [0.5, 0.6) is 0 Å². The number of piperidine rings is 1. The van der Waals surface area contributed by atoms with Gasteiger partial charge in [0, 0.05) is 37.6 Å². The highest BCUT2D eigenvalue weighted by Crippen LogP contribution is 2.27. The highest BCUT2D eigenvalue weighted by molar-refractivity contribution is 7.89. The van der Waals surface area contributed by atoms with E-state index >= 15 is 0 Å². The first-order chi connectivity index (χ1) is 11.9. The molecule has 0 atom stereocenters. The maximum atomic E-state index is 11.4. The molecule has 0 aliphatic carbocycles. The topological polar surface area (TPSA) is 66.6 Å². The molecule has 1 aliphatic rings. The standard InChI is InChI=1S/C19H25N3O2S/c1-15-5-3-4-6-19(15)21(2)16-11-13-22(14-12-16)17-7-9-18(10-8-17)25(20,23)24/h3-10,16H,11-14H2,1-2H3,(H2,20,23,24). The van der Waals surface area contributed by atoms with Crippen molar-refractivity contribution in [3.05, 3.63) is 54.1 Å². The van der Waals surface area contributed by atoms with Gasteiger partial charge in [-0.15, -0.1) is 0 Å². The number of nitrogens with two attached hydrogens (primary N) is 1. The molecule has 3 rings (SSSR count). The average Bonchev–Trinajstić information content (AvgIpc) is 2.61. The fraction of sp³-hybridized carbons (Fsp3) is 0.368. The number of hydrogen-bond acceptors (Lipinski definition) is 4. The molecule has 2 aromatic rings. The van der Waals surface area contributed by atoms with E-state index in [1.54, 1.807) is 12.1 Å². The van der Waals surface area contributed by atoms with Crippen LogP contribution in [0.25, 0.3) is 0 Å². The lowest BCUT2D eigenvalue weighted by molar-refractivity contribution is 0.482. The molecular formula is C19H25N3O2S. The minimum Gasteiger partial charge on any atom is -0.371 e. The zero-order valence-corrected chi connectivity index (χ0v) is 15.5. The molecule has 6 heteroatoms. The van der Waals surface area contributed by atoms with Gasteiger partial charge in [-0.25, -0.2) is 13.6 Å². The minimum absolute atomic E-state index is 0.158. The predicted molar refractivity (Wildman–Crippen MR) is 103 cm³/mol. The molecule has 1 aliphatic heterocycles. The van der Waals surface area contributed by atoms with Gasteiger partial charge in [0.2, 0.25) is 10.0 Å². The summed E-state index contributed by atoms with van der Waals surface area (Å²) in [5.74, 6) is 0. The molecule has 134 valence electrons. The van der Waals surface area contributed by atoms with Gasteiger partial charge in [-0.3, -0.25) is 0 Å². The first-order valence-corrected chi connectivity index (χ1v) is 10.1. The Balaban J connectivity index is 1.65. The van der Waals surface area contributed by atoms with Gasteiger partial charge in [0.1, 0.15) is 0 Å². The number of nitrogens with zero attached hydrogens (tertiary/aromatic N) is 2. The summed E-state index contributed by atoms with van der Waals surface area (Å²) in [7, 11) is -1.46. The maximum absolute atomic E-state index is 11.4. The lowest BCUT2D eigenvalue weighted by atomic mass is 10.0. The summed E-state index contributed by atoms with van der Waals surface area (Å²) >= 11 is 0. The van der Waals surface area contributed by atoms with Crippen LogP contribution < -0.4 is 14.9 Å². The van der Waals surface area contributed by atoms with Crippen LogP contribution in [-0.4, -0.2) is 34.6 Å². The van der Waals surface area contributed by atoms with Gasteiger partial charge < -0.3 is 9.80 Å². The molecule has 2 N–H and O–H groups in total. The normalized spacial score (nSPS) is 16.0. The van der Waals surface area contributed by atoms with E-state index in [-0.39, 0.29) is 4.90 Å². The lowest BCUT2D eigenvalue weighted by Gasteiger charge is -2.39. The molecule has 0 bridgehead atoms. The number of hydrogen-bond donors (Lipinski definition) is 1. The van der Waals surface area contributed by atoms with Crippen LogP contribution in [-0.2, 0) is 10.0 Å². The highest BCUT2D eigenvalue weighted by atomic mass is 32.2. The molecule has 1 fully saturated rings. The van der Waals surface area contributed by atoms with Crippen LogP contribution in [0.4, 0.5) is 11.4 Å². The van der Waals surface area contributed by atoms with Crippen molar-refractivity contribution in [1.82, 2.24) is 0 Å². The second-order valence-corrected chi connectivity index (χ2v) is 8.22.